The Morgan fingerprint density at radius 3 is 2.55 bits per heavy atom. The Morgan fingerprint density at radius 1 is 1.06 bits per heavy atom. The fraction of sp³-hybridized carbons (Fsp3) is 0.423. The Morgan fingerprint density at radius 2 is 1.79 bits per heavy atom. The summed E-state index contributed by atoms with van der Waals surface area (Å²) in [6.07, 6.45) is 1.04. The van der Waals surface area contributed by atoms with Crippen LogP contribution < -0.4 is 5.32 Å². The van der Waals surface area contributed by atoms with Gasteiger partial charge in [0.1, 0.15) is 0 Å². The number of carbonyl (C=O) groups is 2. The van der Waals surface area contributed by atoms with E-state index in [1.54, 1.807) is 4.90 Å². The summed E-state index contributed by atoms with van der Waals surface area (Å²) in [5.74, 6) is 0.110. The van der Waals surface area contributed by atoms with Crippen molar-refractivity contribution in [2.24, 2.45) is 5.92 Å². The highest BCUT2D eigenvalue weighted by Gasteiger charge is 2.34. The number of hydrogen-bond acceptors (Lipinski definition) is 4. The molecule has 2 amide bonds. The molecule has 1 N–H and O–H groups in total. The predicted molar refractivity (Wildman–Crippen MR) is 131 cm³/mol. The minimum atomic E-state index is -0.357. The number of fused-ring (bicyclic) bond motifs is 1. The number of imidazole rings is 1. The molecule has 2 heterocycles. The summed E-state index contributed by atoms with van der Waals surface area (Å²) >= 11 is 0. The molecule has 1 aromatic heterocycles. The van der Waals surface area contributed by atoms with E-state index < -0.39 is 0 Å². The quantitative estimate of drug-likeness (QED) is 0.517. The number of para-hydroxylation sites is 2. The molecule has 1 atom stereocenters. The smallest absolute Gasteiger partial charge is 0.232 e. The molecule has 7 heteroatoms. The zero-order valence-electron chi connectivity index (χ0n) is 19.5. The molecule has 174 valence electrons. The third-order valence-corrected chi connectivity index (χ3v) is 6.52. The number of likely N-dealkylation sites (N-methyl/N-ethyl adjacent to an activating group) is 1. The Balaban J connectivity index is 1.43. The normalized spacial score (nSPS) is 16.2. The van der Waals surface area contributed by atoms with Gasteiger partial charge < -0.3 is 14.4 Å². The van der Waals surface area contributed by atoms with Crippen LogP contribution in [0.5, 0.6) is 0 Å². The number of rotatable bonds is 10. The van der Waals surface area contributed by atoms with E-state index in [0.29, 0.717) is 19.0 Å². The first-order valence-corrected chi connectivity index (χ1v) is 11.9. The maximum atomic E-state index is 13.1. The van der Waals surface area contributed by atoms with Crippen LogP contribution >= 0.6 is 0 Å². The molecule has 1 saturated heterocycles. The molecule has 1 aliphatic heterocycles. The van der Waals surface area contributed by atoms with Crippen molar-refractivity contribution in [2.75, 3.05) is 38.0 Å². The molecule has 2 aromatic carbocycles. The van der Waals surface area contributed by atoms with Crippen LogP contribution in [0, 0.1) is 5.92 Å². The van der Waals surface area contributed by atoms with E-state index in [0.717, 1.165) is 43.6 Å². The van der Waals surface area contributed by atoms with Gasteiger partial charge in [0.05, 0.1) is 17.0 Å². The van der Waals surface area contributed by atoms with E-state index in [1.165, 1.54) is 5.56 Å². The first-order chi connectivity index (χ1) is 16.1. The number of benzene rings is 2. The van der Waals surface area contributed by atoms with Crippen LogP contribution in [0.2, 0.25) is 0 Å². The van der Waals surface area contributed by atoms with Crippen molar-refractivity contribution in [3.05, 3.63) is 60.2 Å². The van der Waals surface area contributed by atoms with E-state index in [9.17, 15) is 9.59 Å². The maximum Gasteiger partial charge on any atom is 0.232 e. The number of nitrogens with one attached hydrogen (secondary N) is 1. The zero-order valence-corrected chi connectivity index (χ0v) is 19.5. The van der Waals surface area contributed by atoms with Crippen LogP contribution in [-0.2, 0) is 22.6 Å². The number of amides is 2. The summed E-state index contributed by atoms with van der Waals surface area (Å²) < 4.78 is 2.08. The van der Waals surface area contributed by atoms with E-state index in [4.69, 9.17) is 0 Å². The lowest BCUT2D eigenvalue weighted by Crippen LogP contribution is -2.31. The topological polar surface area (TPSA) is 70.5 Å². The average Bonchev–Trinajstić information content (AvgIpc) is 3.39. The lowest BCUT2D eigenvalue weighted by atomic mass is 10.1. The van der Waals surface area contributed by atoms with Crippen LogP contribution in [-0.4, -0.2) is 63.9 Å². The Bertz CT molecular complexity index is 1090. The van der Waals surface area contributed by atoms with Gasteiger partial charge in [-0.15, -0.1) is 0 Å². The monoisotopic (exact) mass is 447 g/mol. The first-order valence-electron chi connectivity index (χ1n) is 11.9. The van der Waals surface area contributed by atoms with Gasteiger partial charge in [0.15, 0.2) is 0 Å². The van der Waals surface area contributed by atoms with Gasteiger partial charge in [-0.05, 0) is 37.2 Å². The van der Waals surface area contributed by atoms with Gasteiger partial charge in [0.2, 0.25) is 17.8 Å². The van der Waals surface area contributed by atoms with E-state index in [1.807, 2.05) is 42.5 Å². The van der Waals surface area contributed by atoms with Crippen LogP contribution in [0.1, 0.15) is 25.8 Å². The third-order valence-electron chi connectivity index (χ3n) is 6.52. The van der Waals surface area contributed by atoms with Gasteiger partial charge in [-0.1, -0.05) is 56.3 Å². The zero-order chi connectivity index (χ0) is 23.2. The standard InChI is InChI=1S/C26H33N5O2/c1-3-29(4-2)16-17-31-23-13-9-8-12-22(23)27-26(31)28-25(33)21-18-24(32)30(19-21)15-14-20-10-6-5-7-11-20/h5-13,21H,3-4,14-19H2,1-2H3,(H,27,28,33). The largest absolute Gasteiger partial charge is 0.342 e. The Labute approximate surface area is 195 Å². The van der Waals surface area contributed by atoms with Gasteiger partial charge in [-0.25, -0.2) is 4.98 Å². The SMILES string of the molecule is CCN(CC)CCn1c(NC(=O)C2CC(=O)N(CCc3ccccc3)C2)nc2ccccc21. The molecule has 0 radical (unpaired) electrons. The lowest BCUT2D eigenvalue weighted by Gasteiger charge is -2.20. The van der Waals surface area contributed by atoms with Crippen LogP contribution in [0.3, 0.4) is 0 Å². The minimum absolute atomic E-state index is 0.0427. The summed E-state index contributed by atoms with van der Waals surface area (Å²) in [5, 5.41) is 3.03. The molecule has 33 heavy (non-hydrogen) atoms. The highest BCUT2D eigenvalue weighted by atomic mass is 16.2. The minimum Gasteiger partial charge on any atom is -0.342 e. The van der Waals surface area contributed by atoms with Gasteiger partial charge in [-0.2, -0.15) is 0 Å². The predicted octanol–water partition coefficient (Wildman–Crippen LogP) is 3.41. The molecule has 0 saturated carbocycles. The molecule has 1 aliphatic rings. The van der Waals surface area contributed by atoms with E-state index in [-0.39, 0.29) is 24.2 Å². The van der Waals surface area contributed by atoms with Gasteiger partial charge in [0.25, 0.3) is 0 Å². The number of nitrogens with zero attached hydrogens (tertiary/aromatic N) is 4. The van der Waals surface area contributed by atoms with Crippen molar-refractivity contribution in [2.45, 2.75) is 33.2 Å². The lowest BCUT2D eigenvalue weighted by molar-refractivity contribution is -0.128. The van der Waals surface area contributed by atoms with Crippen molar-refractivity contribution in [1.29, 1.82) is 0 Å². The molecule has 4 rings (SSSR count). The van der Waals surface area contributed by atoms with Crippen molar-refractivity contribution in [3.8, 4) is 0 Å². The summed E-state index contributed by atoms with van der Waals surface area (Å²) in [4.78, 5) is 34.5. The molecule has 0 aliphatic carbocycles. The molecule has 1 unspecified atom stereocenters. The average molecular weight is 448 g/mol. The molecular formula is C26H33N5O2. The second-order valence-corrected chi connectivity index (χ2v) is 8.57. The maximum absolute atomic E-state index is 13.1. The highest BCUT2D eigenvalue weighted by molar-refractivity contribution is 5.97. The number of aromatic nitrogens is 2. The van der Waals surface area contributed by atoms with Gasteiger partial charge in [-0.3, -0.25) is 14.9 Å². The highest BCUT2D eigenvalue weighted by Crippen LogP contribution is 2.23. The molecular weight excluding hydrogens is 414 g/mol. The fourth-order valence-corrected chi connectivity index (χ4v) is 4.46. The molecule has 3 aromatic rings. The summed E-state index contributed by atoms with van der Waals surface area (Å²) in [6, 6.07) is 18.1. The Hall–Kier alpha value is -3.19. The molecule has 0 bridgehead atoms. The summed E-state index contributed by atoms with van der Waals surface area (Å²) in [7, 11) is 0. The second-order valence-electron chi connectivity index (χ2n) is 8.57. The van der Waals surface area contributed by atoms with E-state index >= 15 is 0 Å². The second kappa shape index (κ2) is 10.6. The summed E-state index contributed by atoms with van der Waals surface area (Å²) in [6.45, 7) is 8.97. The van der Waals surface area contributed by atoms with Crippen molar-refractivity contribution in [1.82, 2.24) is 19.4 Å². The van der Waals surface area contributed by atoms with Crippen LogP contribution in [0.15, 0.2) is 54.6 Å². The van der Waals surface area contributed by atoms with Crippen LogP contribution in [0.4, 0.5) is 5.95 Å². The van der Waals surface area contributed by atoms with Gasteiger partial charge >= 0.3 is 0 Å². The molecule has 7 nitrogen and oxygen atoms in total. The van der Waals surface area contributed by atoms with Gasteiger partial charge in [0, 0.05) is 32.6 Å². The number of hydrogen-bond donors (Lipinski definition) is 1. The first kappa shape index (κ1) is 23.0. The van der Waals surface area contributed by atoms with Crippen molar-refractivity contribution >= 4 is 28.8 Å². The number of anilines is 1. The number of carbonyl (C=O) groups excluding carboxylic acids is 2. The number of likely N-dealkylation sites (tertiary alicyclic amines) is 1. The molecule has 1 fully saturated rings. The third kappa shape index (κ3) is 5.42. The Kier molecular flexibility index (Phi) is 7.40. The fourth-order valence-electron chi connectivity index (χ4n) is 4.46. The summed E-state index contributed by atoms with van der Waals surface area (Å²) in [5.41, 5.74) is 3.06. The van der Waals surface area contributed by atoms with Crippen LogP contribution in [0.25, 0.3) is 11.0 Å². The van der Waals surface area contributed by atoms with E-state index in [2.05, 4.69) is 45.7 Å². The molecule has 0 spiro atoms. The van der Waals surface area contributed by atoms with Crippen molar-refractivity contribution in [3.63, 3.8) is 0 Å². The van der Waals surface area contributed by atoms with Crippen molar-refractivity contribution < 1.29 is 9.59 Å².